The fourth-order valence-electron chi connectivity index (χ4n) is 2.67. The van der Waals surface area contributed by atoms with Crippen molar-refractivity contribution in [3.05, 3.63) is 47.1 Å². The summed E-state index contributed by atoms with van der Waals surface area (Å²) >= 11 is 1.77. The van der Waals surface area contributed by atoms with Crippen LogP contribution in [0.3, 0.4) is 0 Å². The van der Waals surface area contributed by atoms with Crippen LogP contribution in [0.2, 0.25) is 0 Å². The van der Waals surface area contributed by atoms with Crippen LogP contribution in [0.15, 0.2) is 28.8 Å². The number of thioether (sulfide) groups is 1. The molecule has 0 amide bonds. The first-order chi connectivity index (χ1) is 10.3. The van der Waals surface area contributed by atoms with Gasteiger partial charge in [0.2, 0.25) is 5.89 Å². The Morgan fingerprint density at radius 2 is 1.81 bits per heavy atom. The van der Waals surface area contributed by atoms with Gasteiger partial charge in [0, 0.05) is 11.7 Å². The smallest absolute Gasteiger partial charge is 0.236 e. The molecule has 0 radical (unpaired) electrons. The summed E-state index contributed by atoms with van der Waals surface area (Å²) in [6.45, 7) is 0.0966. The molecule has 4 nitrogen and oxygen atoms in total. The zero-order chi connectivity index (χ0) is 14.5. The molecule has 3 rings (SSSR count). The molecular formula is C16H20N2O2S. The largest absolute Gasteiger partial charge is 0.392 e. The predicted molar refractivity (Wildman–Crippen MR) is 82.9 cm³/mol. The molecule has 1 aliphatic rings. The molecule has 0 saturated heterocycles. The first kappa shape index (κ1) is 14.6. The zero-order valence-electron chi connectivity index (χ0n) is 12.0. The average molecular weight is 304 g/mol. The van der Waals surface area contributed by atoms with Crippen LogP contribution < -0.4 is 0 Å². The van der Waals surface area contributed by atoms with Gasteiger partial charge in [-0.25, -0.2) is 0 Å². The van der Waals surface area contributed by atoms with E-state index in [1.54, 1.807) is 11.8 Å². The third kappa shape index (κ3) is 3.86. The molecule has 2 aromatic rings. The molecule has 21 heavy (non-hydrogen) atoms. The molecule has 1 fully saturated rings. The van der Waals surface area contributed by atoms with Crippen molar-refractivity contribution in [2.75, 3.05) is 0 Å². The Labute approximate surface area is 129 Å². The van der Waals surface area contributed by atoms with E-state index in [-0.39, 0.29) is 6.61 Å². The number of hydrogen-bond donors (Lipinski definition) is 1. The SMILES string of the molecule is OCc1ccc(CSCc2nc(C3CCCC3)no2)cc1. The van der Waals surface area contributed by atoms with E-state index in [2.05, 4.69) is 22.3 Å². The molecule has 0 unspecified atom stereocenters. The standard InChI is InChI=1S/C16H20N2O2S/c19-9-12-5-7-13(8-6-12)10-21-11-15-17-16(18-20-15)14-3-1-2-4-14/h5-8,14,19H,1-4,9-11H2. The molecule has 0 bridgehead atoms. The molecule has 1 saturated carbocycles. The molecule has 1 aromatic heterocycles. The van der Waals surface area contributed by atoms with E-state index in [1.807, 2.05) is 12.1 Å². The van der Waals surface area contributed by atoms with E-state index in [9.17, 15) is 0 Å². The molecule has 1 heterocycles. The normalized spacial score (nSPS) is 15.7. The highest BCUT2D eigenvalue weighted by molar-refractivity contribution is 7.97. The van der Waals surface area contributed by atoms with Crippen molar-refractivity contribution >= 4 is 11.8 Å². The van der Waals surface area contributed by atoms with Gasteiger partial charge in [-0.3, -0.25) is 0 Å². The van der Waals surface area contributed by atoms with E-state index >= 15 is 0 Å². The second kappa shape index (κ2) is 7.09. The van der Waals surface area contributed by atoms with E-state index in [0.717, 1.165) is 28.8 Å². The fraction of sp³-hybridized carbons (Fsp3) is 0.500. The number of aliphatic hydroxyl groups is 1. The lowest BCUT2D eigenvalue weighted by Crippen LogP contribution is -1.95. The summed E-state index contributed by atoms with van der Waals surface area (Å²) in [7, 11) is 0. The Morgan fingerprint density at radius 3 is 2.52 bits per heavy atom. The van der Waals surface area contributed by atoms with Crippen LogP contribution in [0.1, 0.15) is 54.4 Å². The van der Waals surface area contributed by atoms with Crippen LogP contribution >= 0.6 is 11.8 Å². The van der Waals surface area contributed by atoms with E-state index < -0.39 is 0 Å². The van der Waals surface area contributed by atoms with Gasteiger partial charge in [-0.15, -0.1) is 11.8 Å². The van der Waals surface area contributed by atoms with Gasteiger partial charge in [-0.2, -0.15) is 4.98 Å². The molecule has 5 heteroatoms. The van der Waals surface area contributed by atoms with Crippen LogP contribution in [0.25, 0.3) is 0 Å². The lowest BCUT2D eigenvalue weighted by Gasteiger charge is -2.01. The Bertz CT molecular complexity index is 562. The summed E-state index contributed by atoms with van der Waals surface area (Å²) in [6.07, 6.45) is 4.97. The minimum Gasteiger partial charge on any atom is -0.392 e. The number of aromatic nitrogens is 2. The van der Waals surface area contributed by atoms with Gasteiger partial charge in [0.1, 0.15) is 0 Å². The van der Waals surface area contributed by atoms with Gasteiger partial charge < -0.3 is 9.63 Å². The average Bonchev–Trinajstić information content (AvgIpc) is 3.19. The lowest BCUT2D eigenvalue weighted by atomic mass is 10.1. The number of hydrogen-bond acceptors (Lipinski definition) is 5. The molecule has 0 aliphatic heterocycles. The number of aliphatic hydroxyl groups excluding tert-OH is 1. The summed E-state index contributed by atoms with van der Waals surface area (Å²) in [5.41, 5.74) is 2.19. The molecule has 0 spiro atoms. The minimum absolute atomic E-state index is 0.0966. The lowest BCUT2D eigenvalue weighted by molar-refractivity contribution is 0.282. The van der Waals surface area contributed by atoms with Gasteiger partial charge in [0.25, 0.3) is 0 Å². The van der Waals surface area contributed by atoms with Gasteiger partial charge in [-0.1, -0.05) is 42.3 Å². The quantitative estimate of drug-likeness (QED) is 0.882. The van der Waals surface area contributed by atoms with E-state index in [1.165, 1.54) is 31.2 Å². The molecule has 1 N–H and O–H groups in total. The number of benzene rings is 1. The van der Waals surface area contributed by atoms with Crippen LogP contribution in [-0.2, 0) is 18.1 Å². The third-order valence-electron chi connectivity index (χ3n) is 3.90. The van der Waals surface area contributed by atoms with Crippen molar-refractivity contribution < 1.29 is 9.63 Å². The van der Waals surface area contributed by atoms with Crippen molar-refractivity contribution in [3.63, 3.8) is 0 Å². The van der Waals surface area contributed by atoms with Crippen molar-refractivity contribution in [3.8, 4) is 0 Å². The second-order valence-corrected chi connectivity index (χ2v) is 6.48. The van der Waals surface area contributed by atoms with Gasteiger partial charge >= 0.3 is 0 Å². The maximum atomic E-state index is 9.01. The molecule has 1 aliphatic carbocycles. The highest BCUT2D eigenvalue weighted by Gasteiger charge is 2.22. The van der Waals surface area contributed by atoms with Crippen molar-refractivity contribution in [2.45, 2.75) is 49.7 Å². The first-order valence-corrected chi connectivity index (χ1v) is 8.59. The summed E-state index contributed by atoms with van der Waals surface area (Å²) in [5, 5.41) is 13.1. The monoisotopic (exact) mass is 304 g/mol. The second-order valence-electron chi connectivity index (χ2n) is 5.50. The highest BCUT2D eigenvalue weighted by Crippen LogP contribution is 2.32. The summed E-state index contributed by atoms with van der Waals surface area (Å²) in [6, 6.07) is 8.02. The maximum absolute atomic E-state index is 9.01. The van der Waals surface area contributed by atoms with E-state index in [0.29, 0.717) is 5.92 Å². The topological polar surface area (TPSA) is 59.2 Å². The Morgan fingerprint density at radius 1 is 1.10 bits per heavy atom. The molecule has 112 valence electrons. The van der Waals surface area contributed by atoms with Crippen molar-refractivity contribution in [1.82, 2.24) is 10.1 Å². The maximum Gasteiger partial charge on any atom is 0.236 e. The molecule has 0 atom stereocenters. The Balaban J connectivity index is 1.48. The number of nitrogens with zero attached hydrogens (tertiary/aromatic N) is 2. The Kier molecular flexibility index (Phi) is 4.93. The zero-order valence-corrected chi connectivity index (χ0v) is 12.8. The predicted octanol–water partition coefficient (Wildman–Crippen LogP) is 3.65. The third-order valence-corrected chi connectivity index (χ3v) is 4.89. The highest BCUT2D eigenvalue weighted by atomic mass is 32.2. The van der Waals surface area contributed by atoms with Crippen LogP contribution in [0.5, 0.6) is 0 Å². The van der Waals surface area contributed by atoms with Crippen LogP contribution in [0, 0.1) is 0 Å². The van der Waals surface area contributed by atoms with Gasteiger partial charge in [0.05, 0.1) is 12.4 Å². The summed E-state index contributed by atoms with van der Waals surface area (Å²) in [4.78, 5) is 4.52. The fourth-order valence-corrected chi connectivity index (χ4v) is 3.50. The minimum atomic E-state index is 0.0966. The van der Waals surface area contributed by atoms with Crippen LogP contribution in [0.4, 0.5) is 0 Å². The molecular weight excluding hydrogens is 284 g/mol. The van der Waals surface area contributed by atoms with Crippen LogP contribution in [-0.4, -0.2) is 15.2 Å². The van der Waals surface area contributed by atoms with E-state index in [4.69, 9.17) is 9.63 Å². The summed E-state index contributed by atoms with van der Waals surface area (Å²) in [5.74, 6) is 3.80. The van der Waals surface area contributed by atoms with Crippen molar-refractivity contribution in [1.29, 1.82) is 0 Å². The number of rotatable bonds is 6. The Hall–Kier alpha value is -1.33. The summed E-state index contributed by atoms with van der Waals surface area (Å²) < 4.78 is 5.34. The van der Waals surface area contributed by atoms with Gasteiger partial charge in [0.15, 0.2) is 5.82 Å². The van der Waals surface area contributed by atoms with Crippen molar-refractivity contribution in [2.24, 2.45) is 0 Å². The van der Waals surface area contributed by atoms with Gasteiger partial charge in [-0.05, 0) is 24.0 Å². The first-order valence-electron chi connectivity index (χ1n) is 7.44. The molecule has 1 aromatic carbocycles.